The average molecular weight is 393 g/mol. The molecule has 0 fully saturated rings. The summed E-state index contributed by atoms with van der Waals surface area (Å²) in [6, 6.07) is 2.12. The third-order valence-corrected chi connectivity index (χ3v) is 4.31. The fourth-order valence-electron chi connectivity index (χ4n) is 2.57. The van der Waals surface area contributed by atoms with Crippen molar-refractivity contribution in [3.8, 4) is 0 Å². The van der Waals surface area contributed by atoms with E-state index < -0.39 is 0 Å². The molecule has 0 radical (unpaired) electrons. The Morgan fingerprint density at radius 1 is 1.21 bits per heavy atom. The Bertz CT molecular complexity index is 896. The van der Waals surface area contributed by atoms with Crippen molar-refractivity contribution in [2.75, 3.05) is 7.05 Å². The minimum atomic E-state index is 0.722. The van der Waals surface area contributed by atoms with Crippen LogP contribution in [0, 0.1) is 12.3 Å². The van der Waals surface area contributed by atoms with Crippen LogP contribution in [0.25, 0.3) is 5.57 Å². The summed E-state index contributed by atoms with van der Waals surface area (Å²) in [7, 11) is 1.88. The highest BCUT2D eigenvalue weighted by Crippen LogP contribution is 2.22. The summed E-state index contributed by atoms with van der Waals surface area (Å²) in [6.45, 7) is 14.6. The summed E-state index contributed by atoms with van der Waals surface area (Å²) in [5.74, 6) is 0. The molecule has 0 unspecified atom stereocenters. The molecule has 29 heavy (non-hydrogen) atoms. The van der Waals surface area contributed by atoms with Gasteiger partial charge in [-0.2, -0.15) is 0 Å². The molecule has 2 heterocycles. The minimum Gasteiger partial charge on any atom is -0.402 e. The maximum absolute atomic E-state index is 5.84. The Kier molecular flexibility index (Phi) is 9.19. The van der Waals surface area contributed by atoms with E-state index in [1.165, 1.54) is 0 Å². The number of dihydropyridines is 1. The largest absolute Gasteiger partial charge is 0.402 e. The van der Waals surface area contributed by atoms with E-state index in [0.717, 1.165) is 50.8 Å². The molecule has 0 amide bonds. The van der Waals surface area contributed by atoms with Gasteiger partial charge in [-0.25, -0.2) is 0 Å². The molecule has 0 spiro atoms. The highest BCUT2D eigenvalue weighted by Gasteiger charge is 2.10. The van der Waals surface area contributed by atoms with Crippen LogP contribution in [0.3, 0.4) is 0 Å². The first-order valence-electron chi connectivity index (χ1n) is 9.23. The van der Waals surface area contributed by atoms with Crippen LogP contribution >= 0.6 is 0 Å². The number of aryl methyl sites for hydroxylation is 1. The molecular formula is C23H32N6. The van der Waals surface area contributed by atoms with E-state index in [2.05, 4.69) is 52.4 Å². The Morgan fingerprint density at radius 2 is 1.90 bits per heavy atom. The van der Waals surface area contributed by atoms with Crippen LogP contribution in [0.15, 0.2) is 83.5 Å². The van der Waals surface area contributed by atoms with E-state index in [4.69, 9.17) is 11.1 Å². The minimum absolute atomic E-state index is 0.722. The molecule has 6 heteroatoms. The van der Waals surface area contributed by atoms with Gasteiger partial charge in [-0.1, -0.05) is 12.7 Å². The number of nitrogens with zero attached hydrogens (tertiary/aromatic N) is 1. The number of rotatable bonds is 6. The number of hydrogen-bond acceptors (Lipinski definition) is 6. The van der Waals surface area contributed by atoms with Gasteiger partial charge >= 0.3 is 0 Å². The number of hydrogen-bond donors (Lipinski definition) is 5. The normalized spacial score (nSPS) is 15.8. The van der Waals surface area contributed by atoms with Crippen molar-refractivity contribution in [3.05, 3.63) is 94.7 Å². The number of allylic oxidation sites excluding steroid dienone is 7. The second-order valence-corrected chi connectivity index (χ2v) is 6.65. The fourth-order valence-corrected chi connectivity index (χ4v) is 2.57. The Labute approximate surface area is 174 Å². The zero-order valence-electron chi connectivity index (χ0n) is 18.0. The Morgan fingerprint density at radius 3 is 2.41 bits per heavy atom. The van der Waals surface area contributed by atoms with Crippen molar-refractivity contribution in [1.82, 2.24) is 20.9 Å². The number of aromatic nitrogens is 1. The van der Waals surface area contributed by atoms with Gasteiger partial charge in [0.05, 0.1) is 5.70 Å². The van der Waals surface area contributed by atoms with E-state index >= 15 is 0 Å². The van der Waals surface area contributed by atoms with Crippen LogP contribution in [-0.4, -0.2) is 18.7 Å². The quantitative estimate of drug-likeness (QED) is 0.374. The van der Waals surface area contributed by atoms with Gasteiger partial charge in [-0.05, 0) is 69.3 Å². The zero-order chi connectivity index (χ0) is 22.0. The Balaban J connectivity index is 0.00000204. The summed E-state index contributed by atoms with van der Waals surface area (Å²) in [4.78, 5) is 4.26. The number of pyridine rings is 1. The maximum Gasteiger partial charge on any atom is 0.0591 e. The van der Waals surface area contributed by atoms with Gasteiger partial charge in [0.1, 0.15) is 0 Å². The molecule has 6 nitrogen and oxygen atoms in total. The van der Waals surface area contributed by atoms with E-state index in [1.807, 2.05) is 59.4 Å². The maximum atomic E-state index is 5.84. The molecule has 0 atom stereocenters. The van der Waals surface area contributed by atoms with Gasteiger partial charge < -0.3 is 27.1 Å². The van der Waals surface area contributed by atoms with Crippen LogP contribution in [-0.2, 0) is 0 Å². The molecule has 6 N–H and O–H groups in total. The average Bonchev–Trinajstić information content (AvgIpc) is 2.73. The lowest BCUT2D eigenvalue weighted by molar-refractivity contribution is 0.894. The molecule has 0 aromatic carbocycles. The van der Waals surface area contributed by atoms with Crippen LogP contribution in [0.1, 0.15) is 31.9 Å². The van der Waals surface area contributed by atoms with E-state index in [1.54, 1.807) is 0 Å². The monoisotopic (exact) mass is 392 g/mol. The van der Waals surface area contributed by atoms with Crippen LogP contribution in [0.5, 0.6) is 0 Å². The molecule has 0 aliphatic carbocycles. The number of nitrogens with one attached hydrogen (secondary N) is 4. The third kappa shape index (κ3) is 6.84. The standard InChI is InChI=1S/C22H29N5.CH3N/c1-14-9-20(12-25-11-14)19-7-8-21(26-13-19)16(3)17(4)27-22(10-15(2)23)18(5)24-6;1-2/h7-13,24,26-27H,4,23H2,1-3,5-6H3;2H,1H2/b15-10+,21-16+,22-18+;. The zero-order valence-corrected chi connectivity index (χ0v) is 18.0. The van der Waals surface area contributed by atoms with Crippen molar-refractivity contribution in [3.63, 3.8) is 0 Å². The van der Waals surface area contributed by atoms with E-state index in [-0.39, 0.29) is 0 Å². The van der Waals surface area contributed by atoms with Crippen molar-refractivity contribution in [2.45, 2.75) is 27.7 Å². The first-order chi connectivity index (χ1) is 13.8. The molecule has 0 bridgehead atoms. The second kappa shape index (κ2) is 11.3. The summed E-state index contributed by atoms with van der Waals surface area (Å²) < 4.78 is 0. The third-order valence-electron chi connectivity index (χ3n) is 4.31. The first kappa shape index (κ1) is 23.5. The SMILES string of the molecule is C=C(NC(/C=C(\C)N)=C(\C)NC)/C(C)=C1\C=CC(c2cncc(C)c2)=CN1.C=N. The molecule has 1 aliphatic rings. The number of nitrogens with two attached hydrogens (primary N) is 1. The van der Waals surface area contributed by atoms with E-state index in [9.17, 15) is 0 Å². The van der Waals surface area contributed by atoms with Crippen LogP contribution in [0.2, 0.25) is 0 Å². The molecule has 0 saturated heterocycles. The van der Waals surface area contributed by atoms with Crippen LogP contribution in [0.4, 0.5) is 0 Å². The molecular weight excluding hydrogens is 360 g/mol. The van der Waals surface area contributed by atoms with Gasteiger partial charge in [0, 0.05) is 54.0 Å². The molecule has 0 saturated carbocycles. The highest BCUT2D eigenvalue weighted by atomic mass is 15.0. The van der Waals surface area contributed by atoms with Gasteiger partial charge in [0.25, 0.3) is 0 Å². The van der Waals surface area contributed by atoms with Crippen molar-refractivity contribution in [1.29, 1.82) is 5.41 Å². The first-order valence-corrected chi connectivity index (χ1v) is 9.23. The van der Waals surface area contributed by atoms with Gasteiger partial charge in [0.15, 0.2) is 0 Å². The van der Waals surface area contributed by atoms with Crippen LogP contribution < -0.4 is 21.7 Å². The van der Waals surface area contributed by atoms with Crippen molar-refractivity contribution in [2.24, 2.45) is 5.73 Å². The predicted molar refractivity (Wildman–Crippen MR) is 124 cm³/mol. The molecule has 154 valence electrons. The molecule has 1 aromatic heterocycles. The molecule has 1 aliphatic heterocycles. The summed E-state index contributed by atoms with van der Waals surface area (Å²) >= 11 is 0. The summed E-state index contributed by atoms with van der Waals surface area (Å²) in [5, 5.41) is 15.3. The van der Waals surface area contributed by atoms with Crippen molar-refractivity contribution >= 4 is 12.3 Å². The lowest BCUT2D eigenvalue weighted by Crippen LogP contribution is -2.20. The second-order valence-electron chi connectivity index (χ2n) is 6.65. The fraction of sp³-hybridized carbons (Fsp3) is 0.217. The van der Waals surface area contributed by atoms with Gasteiger partial charge in [-0.15, -0.1) is 0 Å². The highest BCUT2D eigenvalue weighted by molar-refractivity contribution is 5.76. The van der Waals surface area contributed by atoms with Gasteiger partial charge in [-0.3, -0.25) is 4.98 Å². The lowest BCUT2D eigenvalue weighted by atomic mass is 10.0. The molecule has 2 rings (SSSR count). The lowest BCUT2D eigenvalue weighted by Gasteiger charge is -2.19. The molecule has 1 aromatic rings. The predicted octanol–water partition coefficient (Wildman–Crippen LogP) is 3.85. The van der Waals surface area contributed by atoms with Crippen molar-refractivity contribution < 1.29 is 0 Å². The summed E-state index contributed by atoms with van der Waals surface area (Å²) in [5.41, 5.74) is 14.6. The topological polar surface area (TPSA) is 98.8 Å². The Hall–Kier alpha value is -3.54. The van der Waals surface area contributed by atoms with E-state index in [0.29, 0.717) is 0 Å². The smallest absolute Gasteiger partial charge is 0.0591 e. The van der Waals surface area contributed by atoms with Gasteiger partial charge in [0.2, 0.25) is 0 Å². The summed E-state index contributed by atoms with van der Waals surface area (Å²) in [6.07, 6.45) is 11.7.